The highest BCUT2D eigenvalue weighted by Gasteiger charge is 2.41. The molecule has 1 aromatic rings. The van der Waals surface area contributed by atoms with Crippen LogP contribution in [0.4, 0.5) is 0 Å². The summed E-state index contributed by atoms with van der Waals surface area (Å²) in [6.45, 7) is 0.802. The number of aliphatic hydroxyl groups excluding tert-OH is 1. The highest BCUT2D eigenvalue weighted by molar-refractivity contribution is 5.13. The highest BCUT2D eigenvalue weighted by Crippen LogP contribution is 2.47. The van der Waals surface area contributed by atoms with Crippen molar-refractivity contribution in [2.75, 3.05) is 13.2 Å². The smallest absolute Gasteiger partial charge is 0.0494 e. The molecule has 1 aliphatic carbocycles. The summed E-state index contributed by atoms with van der Waals surface area (Å²) >= 11 is 0. The van der Waals surface area contributed by atoms with Gasteiger partial charge in [0, 0.05) is 36.4 Å². The summed E-state index contributed by atoms with van der Waals surface area (Å²) in [5.41, 5.74) is 6.90. The fourth-order valence-electron chi connectivity index (χ4n) is 2.86. The second-order valence-corrected chi connectivity index (χ2v) is 4.53. The summed E-state index contributed by atoms with van der Waals surface area (Å²) in [4.78, 5) is 0. The fourth-order valence-corrected chi connectivity index (χ4v) is 2.86. The van der Waals surface area contributed by atoms with E-state index < -0.39 is 0 Å². The molecule has 0 amide bonds. The maximum atomic E-state index is 9.63. The van der Waals surface area contributed by atoms with Gasteiger partial charge in [-0.15, -0.1) is 0 Å². The number of nitrogens with two attached hydrogens (primary N) is 1. The molecule has 4 heteroatoms. The molecule has 2 rings (SSSR count). The molecule has 4 N–H and O–H groups in total. The van der Waals surface area contributed by atoms with Gasteiger partial charge in [-0.25, -0.2) is 0 Å². The van der Waals surface area contributed by atoms with Gasteiger partial charge in [-0.1, -0.05) is 12.8 Å². The number of nitrogens with one attached hydrogen (secondary N) is 1. The van der Waals surface area contributed by atoms with Crippen molar-refractivity contribution in [3.8, 4) is 0 Å². The lowest BCUT2D eigenvalue weighted by atomic mass is 9.73. The van der Waals surface area contributed by atoms with Crippen molar-refractivity contribution in [3.63, 3.8) is 0 Å². The normalized spacial score (nSPS) is 21.7. The van der Waals surface area contributed by atoms with Crippen LogP contribution in [-0.4, -0.2) is 28.5 Å². The van der Waals surface area contributed by atoms with Crippen molar-refractivity contribution in [1.82, 2.24) is 10.2 Å². The first-order valence-electron chi connectivity index (χ1n) is 5.62. The number of H-pyrrole nitrogens is 1. The molecule has 0 radical (unpaired) electrons. The van der Waals surface area contributed by atoms with Gasteiger partial charge < -0.3 is 10.8 Å². The maximum absolute atomic E-state index is 9.63. The number of aliphatic hydroxyl groups is 1. The molecule has 0 aliphatic heterocycles. The SMILES string of the molecule is NC[C@H](c1ccn[nH]1)C1(CO)CCCC1. The van der Waals surface area contributed by atoms with Crippen molar-refractivity contribution < 1.29 is 5.11 Å². The molecule has 15 heavy (non-hydrogen) atoms. The lowest BCUT2D eigenvalue weighted by Crippen LogP contribution is -2.35. The summed E-state index contributed by atoms with van der Waals surface area (Å²) in [5.74, 6) is 0.215. The number of aromatic nitrogens is 2. The van der Waals surface area contributed by atoms with Crippen LogP contribution in [0.1, 0.15) is 37.3 Å². The van der Waals surface area contributed by atoms with Gasteiger partial charge in [0.2, 0.25) is 0 Å². The van der Waals surface area contributed by atoms with Crippen LogP contribution in [0.25, 0.3) is 0 Å². The minimum Gasteiger partial charge on any atom is -0.396 e. The molecular weight excluding hydrogens is 190 g/mol. The van der Waals surface area contributed by atoms with Crippen LogP contribution in [0, 0.1) is 5.41 Å². The van der Waals surface area contributed by atoms with Gasteiger partial charge in [-0.2, -0.15) is 5.10 Å². The average Bonchev–Trinajstić information content (AvgIpc) is 2.90. The van der Waals surface area contributed by atoms with E-state index in [-0.39, 0.29) is 17.9 Å². The Labute approximate surface area is 89.9 Å². The van der Waals surface area contributed by atoms with Crippen LogP contribution >= 0.6 is 0 Å². The molecular formula is C11H19N3O. The number of hydrogen-bond acceptors (Lipinski definition) is 3. The Kier molecular flexibility index (Phi) is 3.07. The van der Waals surface area contributed by atoms with Gasteiger partial charge in [0.15, 0.2) is 0 Å². The summed E-state index contributed by atoms with van der Waals surface area (Å²) in [5, 5.41) is 16.6. The summed E-state index contributed by atoms with van der Waals surface area (Å²) in [6.07, 6.45) is 6.29. The van der Waals surface area contributed by atoms with Crippen molar-refractivity contribution in [1.29, 1.82) is 0 Å². The van der Waals surface area contributed by atoms with Crippen molar-refractivity contribution in [2.24, 2.45) is 11.1 Å². The average molecular weight is 209 g/mol. The lowest BCUT2D eigenvalue weighted by Gasteiger charge is -2.34. The number of rotatable bonds is 4. The standard InChI is InChI=1S/C11H19N3O/c12-7-9(10-3-6-13-14-10)11(8-15)4-1-2-5-11/h3,6,9,15H,1-2,4-5,7-8,12H2,(H,13,14)/t9-/m1/s1. The minimum atomic E-state index is -0.0126. The van der Waals surface area contributed by atoms with Crippen molar-refractivity contribution in [3.05, 3.63) is 18.0 Å². The predicted octanol–water partition coefficient (Wildman–Crippen LogP) is 1.00. The van der Waals surface area contributed by atoms with Crippen molar-refractivity contribution >= 4 is 0 Å². The Balaban J connectivity index is 2.24. The van der Waals surface area contributed by atoms with Crippen LogP contribution in [0.15, 0.2) is 12.3 Å². The van der Waals surface area contributed by atoms with Crippen molar-refractivity contribution in [2.45, 2.75) is 31.6 Å². The zero-order valence-corrected chi connectivity index (χ0v) is 8.95. The van der Waals surface area contributed by atoms with Crippen LogP contribution in [-0.2, 0) is 0 Å². The number of nitrogens with zero attached hydrogens (tertiary/aromatic N) is 1. The molecule has 1 aliphatic rings. The molecule has 1 heterocycles. The minimum absolute atomic E-state index is 0.0126. The molecule has 0 unspecified atom stereocenters. The summed E-state index contributed by atoms with van der Waals surface area (Å²) < 4.78 is 0. The molecule has 4 nitrogen and oxygen atoms in total. The Morgan fingerprint density at radius 2 is 2.27 bits per heavy atom. The van der Waals surface area contributed by atoms with Gasteiger partial charge in [-0.05, 0) is 18.9 Å². The van der Waals surface area contributed by atoms with Gasteiger partial charge in [0.25, 0.3) is 0 Å². The molecule has 84 valence electrons. The first-order chi connectivity index (χ1) is 7.32. The van der Waals surface area contributed by atoms with E-state index in [4.69, 9.17) is 5.73 Å². The first kappa shape index (κ1) is 10.6. The Morgan fingerprint density at radius 1 is 1.53 bits per heavy atom. The lowest BCUT2D eigenvalue weighted by molar-refractivity contribution is 0.101. The third-order valence-corrected chi connectivity index (χ3v) is 3.79. The van der Waals surface area contributed by atoms with E-state index in [0.717, 1.165) is 18.5 Å². The summed E-state index contributed by atoms with van der Waals surface area (Å²) in [6, 6.07) is 1.97. The first-order valence-corrected chi connectivity index (χ1v) is 5.62. The van der Waals surface area contributed by atoms with Gasteiger partial charge in [-0.3, -0.25) is 5.10 Å². The van der Waals surface area contributed by atoms with Crippen LogP contribution in [0.5, 0.6) is 0 Å². The van der Waals surface area contributed by atoms with E-state index in [0.29, 0.717) is 6.54 Å². The quantitative estimate of drug-likeness (QED) is 0.692. The molecule has 1 aromatic heterocycles. The molecule has 1 atom stereocenters. The Morgan fingerprint density at radius 3 is 2.73 bits per heavy atom. The molecule has 1 fully saturated rings. The van der Waals surface area contributed by atoms with E-state index >= 15 is 0 Å². The third kappa shape index (κ3) is 1.79. The van der Waals surface area contributed by atoms with E-state index in [2.05, 4.69) is 10.2 Å². The van der Waals surface area contributed by atoms with E-state index in [1.54, 1.807) is 6.20 Å². The van der Waals surface area contributed by atoms with Gasteiger partial charge in [0.05, 0.1) is 0 Å². The van der Waals surface area contributed by atoms with Gasteiger partial charge in [0.1, 0.15) is 0 Å². The zero-order chi connectivity index (χ0) is 10.7. The van der Waals surface area contributed by atoms with Gasteiger partial charge >= 0.3 is 0 Å². The molecule has 1 saturated carbocycles. The molecule has 0 bridgehead atoms. The Bertz CT molecular complexity index is 291. The number of aromatic amines is 1. The van der Waals surface area contributed by atoms with Crippen LogP contribution < -0.4 is 5.73 Å². The fraction of sp³-hybridized carbons (Fsp3) is 0.727. The molecule has 0 aromatic carbocycles. The predicted molar refractivity (Wildman–Crippen MR) is 58.4 cm³/mol. The topological polar surface area (TPSA) is 74.9 Å². The maximum Gasteiger partial charge on any atom is 0.0494 e. The van der Waals surface area contributed by atoms with E-state index in [9.17, 15) is 5.11 Å². The zero-order valence-electron chi connectivity index (χ0n) is 8.95. The second-order valence-electron chi connectivity index (χ2n) is 4.53. The van der Waals surface area contributed by atoms with Crippen LogP contribution in [0.3, 0.4) is 0 Å². The molecule has 0 spiro atoms. The second kappa shape index (κ2) is 4.33. The monoisotopic (exact) mass is 209 g/mol. The van der Waals surface area contributed by atoms with E-state index in [1.807, 2.05) is 6.07 Å². The number of hydrogen-bond donors (Lipinski definition) is 3. The highest BCUT2D eigenvalue weighted by atomic mass is 16.3. The summed E-state index contributed by atoms with van der Waals surface area (Å²) in [7, 11) is 0. The third-order valence-electron chi connectivity index (χ3n) is 3.79. The van der Waals surface area contributed by atoms with Crippen LogP contribution in [0.2, 0.25) is 0 Å². The Hall–Kier alpha value is -0.870. The largest absolute Gasteiger partial charge is 0.396 e. The van der Waals surface area contributed by atoms with E-state index in [1.165, 1.54) is 12.8 Å². The molecule has 0 saturated heterocycles.